The lowest BCUT2D eigenvalue weighted by Crippen LogP contribution is -2.55. The van der Waals surface area contributed by atoms with E-state index in [9.17, 15) is 4.79 Å². The molecule has 1 fully saturated rings. The summed E-state index contributed by atoms with van der Waals surface area (Å²) in [5.74, 6) is 1.65. The quantitative estimate of drug-likeness (QED) is 0.837. The standard InChI is InChI=1S/C17H25NO4/c1-17(2)12-22-8-7-18(17)16(19)6-5-13-9-14(20-3)11-15(10-13)21-4/h9-11H,5-8,12H2,1-4H3. The molecule has 5 heteroatoms. The number of carbonyl (C=O) groups is 1. The zero-order chi connectivity index (χ0) is 16.2. The number of nitrogens with zero attached hydrogens (tertiary/aromatic N) is 1. The highest BCUT2D eigenvalue weighted by Crippen LogP contribution is 2.24. The van der Waals surface area contributed by atoms with Crippen molar-refractivity contribution in [1.82, 2.24) is 4.90 Å². The molecule has 0 atom stereocenters. The normalized spacial score (nSPS) is 17.2. The molecule has 0 spiro atoms. The van der Waals surface area contributed by atoms with Crippen molar-refractivity contribution in [2.45, 2.75) is 32.2 Å². The van der Waals surface area contributed by atoms with Crippen molar-refractivity contribution in [1.29, 1.82) is 0 Å². The fourth-order valence-electron chi connectivity index (χ4n) is 2.72. The summed E-state index contributed by atoms with van der Waals surface area (Å²) in [6.07, 6.45) is 1.14. The Balaban J connectivity index is 2.01. The number of rotatable bonds is 5. The van der Waals surface area contributed by atoms with Gasteiger partial charge >= 0.3 is 0 Å². The van der Waals surface area contributed by atoms with Gasteiger partial charge in [-0.1, -0.05) is 0 Å². The molecule has 0 radical (unpaired) electrons. The Hall–Kier alpha value is -1.75. The van der Waals surface area contributed by atoms with E-state index in [0.717, 1.165) is 17.1 Å². The highest BCUT2D eigenvalue weighted by atomic mass is 16.5. The second-order valence-corrected chi connectivity index (χ2v) is 6.13. The summed E-state index contributed by atoms with van der Waals surface area (Å²) in [5, 5.41) is 0. The number of methoxy groups -OCH3 is 2. The topological polar surface area (TPSA) is 48.0 Å². The molecule has 1 amide bonds. The lowest BCUT2D eigenvalue weighted by molar-refractivity contribution is -0.146. The Morgan fingerprint density at radius 2 is 1.86 bits per heavy atom. The van der Waals surface area contributed by atoms with Crippen LogP contribution in [0.15, 0.2) is 18.2 Å². The largest absolute Gasteiger partial charge is 0.497 e. The molecule has 122 valence electrons. The molecule has 0 bridgehead atoms. The number of carbonyl (C=O) groups excluding carboxylic acids is 1. The molecule has 0 N–H and O–H groups in total. The van der Waals surface area contributed by atoms with Gasteiger partial charge in [-0.25, -0.2) is 0 Å². The molecule has 0 aliphatic carbocycles. The van der Waals surface area contributed by atoms with Crippen molar-refractivity contribution in [2.75, 3.05) is 34.0 Å². The van der Waals surface area contributed by atoms with Crippen molar-refractivity contribution in [3.63, 3.8) is 0 Å². The second kappa shape index (κ2) is 7.01. The van der Waals surface area contributed by atoms with Crippen LogP contribution in [0.2, 0.25) is 0 Å². The van der Waals surface area contributed by atoms with Gasteiger partial charge in [0.1, 0.15) is 11.5 Å². The molecule has 1 aromatic carbocycles. The molecule has 1 aromatic rings. The van der Waals surface area contributed by atoms with Gasteiger partial charge in [-0.3, -0.25) is 4.79 Å². The number of morpholine rings is 1. The number of benzene rings is 1. The molecule has 1 aliphatic rings. The van der Waals surface area contributed by atoms with Gasteiger partial charge in [0.15, 0.2) is 0 Å². The number of hydrogen-bond donors (Lipinski definition) is 0. The third kappa shape index (κ3) is 3.91. The molecule has 22 heavy (non-hydrogen) atoms. The lowest BCUT2D eigenvalue weighted by Gasteiger charge is -2.42. The molecule has 0 saturated carbocycles. The lowest BCUT2D eigenvalue weighted by atomic mass is 10.0. The van der Waals surface area contributed by atoms with Crippen LogP contribution in [0.25, 0.3) is 0 Å². The monoisotopic (exact) mass is 307 g/mol. The van der Waals surface area contributed by atoms with Crippen molar-refractivity contribution >= 4 is 5.91 Å². The van der Waals surface area contributed by atoms with Crippen LogP contribution in [0.4, 0.5) is 0 Å². The predicted molar refractivity (Wildman–Crippen MR) is 84.5 cm³/mol. The van der Waals surface area contributed by atoms with Crippen LogP contribution in [0.3, 0.4) is 0 Å². The molecule has 2 rings (SSSR count). The first-order valence-electron chi connectivity index (χ1n) is 7.56. The number of ether oxygens (including phenoxy) is 3. The van der Waals surface area contributed by atoms with Gasteiger partial charge in [-0.2, -0.15) is 0 Å². The van der Waals surface area contributed by atoms with Crippen LogP contribution in [0.5, 0.6) is 11.5 Å². The van der Waals surface area contributed by atoms with E-state index >= 15 is 0 Å². The van der Waals surface area contributed by atoms with Crippen LogP contribution in [0.1, 0.15) is 25.8 Å². The number of hydrogen-bond acceptors (Lipinski definition) is 4. The van der Waals surface area contributed by atoms with Crippen LogP contribution >= 0.6 is 0 Å². The van der Waals surface area contributed by atoms with Crippen molar-refractivity contribution < 1.29 is 19.0 Å². The highest BCUT2D eigenvalue weighted by molar-refractivity contribution is 5.77. The third-order valence-electron chi connectivity index (χ3n) is 3.99. The van der Waals surface area contributed by atoms with Crippen LogP contribution < -0.4 is 9.47 Å². The Morgan fingerprint density at radius 1 is 1.23 bits per heavy atom. The molecule has 1 aliphatic heterocycles. The molecule has 0 aromatic heterocycles. The summed E-state index contributed by atoms with van der Waals surface area (Å²) >= 11 is 0. The van der Waals surface area contributed by atoms with Crippen LogP contribution in [-0.2, 0) is 16.0 Å². The minimum Gasteiger partial charge on any atom is -0.497 e. The second-order valence-electron chi connectivity index (χ2n) is 6.13. The van der Waals surface area contributed by atoms with Gasteiger partial charge in [0.25, 0.3) is 0 Å². The summed E-state index contributed by atoms with van der Waals surface area (Å²) < 4.78 is 16.0. The van der Waals surface area contributed by atoms with Gasteiger partial charge in [-0.15, -0.1) is 0 Å². The van der Waals surface area contributed by atoms with Crippen LogP contribution in [-0.4, -0.2) is 50.3 Å². The van der Waals surface area contributed by atoms with Crippen molar-refractivity contribution in [3.8, 4) is 11.5 Å². The van der Waals surface area contributed by atoms with Crippen molar-refractivity contribution in [2.24, 2.45) is 0 Å². The first-order chi connectivity index (χ1) is 10.5. The molecule has 0 unspecified atom stereocenters. The minimum absolute atomic E-state index is 0.162. The first-order valence-corrected chi connectivity index (χ1v) is 7.56. The molecular weight excluding hydrogens is 282 g/mol. The van der Waals surface area contributed by atoms with Gasteiger partial charge < -0.3 is 19.1 Å². The molecule has 5 nitrogen and oxygen atoms in total. The van der Waals surface area contributed by atoms with E-state index < -0.39 is 0 Å². The van der Waals surface area contributed by atoms with Gasteiger partial charge in [0, 0.05) is 19.0 Å². The van der Waals surface area contributed by atoms with E-state index in [1.807, 2.05) is 36.9 Å². The summed E-state index contributed by atoms with van der Waals surface area (Å²) in [4.78, 5) is 14.4. The summed E-state index contributed by atoms with van der Waals surface area (Å²) in [6.45, 7) is 5.94. The van der Waals surface area contributed by atoms with E-state index in [2.05, 4.69) is 0 Å². The highest BCUT2D eigenvalue weighted by Gasteiger charge is 2.33. The Labute approximate surface area is 132 Å². The maximum absolute atomic E-state index is 12.5. The summed E-state index contributed by atoms with van der Waals surface area (Å²) in [7, 11) is 3.25. The van der Waals surface area contributed by atoms with Gasteiger partial charge in [0.2, 0.25) is 5.91 Å². The number of amides is 1. The predicted octanol–water partition coefficient (Wildman–Crippen LogP) is 2.27. The molecular formula is C17H25NO4. The fraction of sp³-hybridized carbons (Fsp3) is 0.588. The van der Waals surface area contributed by atoms with E-state index in [1.54, 1.807) is 14.2 Å². The first kappa shape index (κ1) is 16.6. The Bertz CT molecular complexity index is 505. The maximum atomic E-state index is 12.5. The van der Waals surface area contributed by atoms with E-state index in [-0.39, 0.29) is 11.4 Å². The third-order valence-corrected chi connectivity index (χ3v) is 3.99. The Morgan fingerprint density at radius 3 is 2.41 bits per heavy atom. The van der Waals surface area contributed by atoms with Gasteiger partial charge in [-0.05, 0) is 38.0 Å². The summed E-state index contributed by atoms with van der Waals surface area (Å²) in [6, 6.07) is 5.72. The van der Waals surface area contributed by atoms with E-state index in [4.69, 9.17) is 14.2 Å². The van der Waals surface area contributed by atoms with E-state index in [1.165, 1.54) is 0 Å². The maximum Gasteiger partial charge on any atom is 0.223 e. The Kier molecular flexibility index (Phi) is 5.29. The fourth-order valence-corrected chi connectivity index (χ4v) is 2.72. The van der Waals surface area contributed by atoms with Gasteiger partial charge in [0.05, 0.1) is 33.0 Å². The van der Waals surface area contributed by atoms with Crippen molar-refractivity contribution in [3.05, 3.63) is 23.8 Å². The van der Waals surface area contributed by atoms with E-state index in [0.29, 0.717) is 32.6 Å². The SMILES string of the molecule is COc1cc(CCC(=O)N2CCOCC2(C)C)cc(OC)c1. The molecule has 1 saturated heterocycles. The average Bonchev–Trinajstić information content (AvgIpc) is 2.51. The minimum atomic E-state index is -0.235. The average molecular weight is 307 g/mol. The molecule has 1 heterocycles. The van der Waals surface area contributed by atoms with Crippen LogP contribution in [0, 0.1) is 0 Å². The number of aryl methyl sites for hydroxylation is 1. The zero-order valence-corrected chi connectivity index (χ0v) is 13.8. The zero-order valence-electron chi connectivity index (χ0n) is 13.8. The summed E-state index contributed by atoms with van der Waals surface area (Å²) in [5.41, 5.74) is 0.803. The smallest absolute Gasteiger partial charge is 0.223 e.